The fourth-order valence-electron chi connectivity index (χ4n) is 3.05. The molecule has 0 radical (unpaired) electrons. The Morgan fingerprint density at radius 2 is 1.23 bits per heavy atom. The van der Waals surface area contributed by atoms with Crippen molar-refractivity contribution in [2.24, 2.45) is 5.92 Å². The van der Waals surface area contributed by atoms with Crippen LogP contribution in [0.2, 0.25) is 0 Å². The third-order valence-electron chi connectivity index (χ3n) is 4.64. The first kappa shape index (κ1) is 22.4. The fourth-order valence-corrected chi connectivity index (χ4v) is 3.05. The molecule has 0 saturated heterocycles. The summed E-state index contributed by atoms with van der Waals surface area (Å²) in [5.74, 6) is 0.809. The number of hydrogen-bond donors (Lipinski definition) is 0. The first-order valence-electron chi connectivity index (χ1n) is 10.4. The average molecular weight is 354 g/mol. The van der Waals surface area contributed by atoms with Gasteiger partial charge in [0, 0.05) is 6.54 Å². The van der Waals surface area contributed by atoms with Gasteiger partial charge in [-0.25, -0.2) is 0 Å². The van der Waals surface area contributed by atoms with Crippen molar-refractivity contribution in [2.45, 2.75) is 66.8 Å². The zero-order chi connectivity index (χ0) is 19.4. The van der Waals surface area contributed by atoms with E-state index in [2.05, 4.69) is 81.2 Å². The van der Waals surface area contributed by atoms with Crippen LogP contribution in [0.5, 0.6) is 0 Å². The minimum Gasteiger partial charge on any atom is -0.302 e. The Balaban J connectivity index is 0.00000163. The smallest absolute Gasteiger partial charge is 0.0230 e. The third-order valence-corrected chi connectivity index (χ3v) is 4.64. The van der Waals surface area contributed by atoms with Crippen molar-refractivity contribution in [2.75, 3.05) is 13.6 Å². The molecule has 26 heavy (non-hydrogen) atoms. The molecule has 0 bridgehead atoms. The van der Waals surface area contributed by atoms with E-state index in [9.17, 15) is 0 Å². The van der Waals surface area contributed by atoms with Gasteiger partial charge in [-0.3, -0.25) is 0 Å². The standard InChI is InChI=1S/C23H33N.C2H6/c1-5-20-8-10-21(11-9-20)17-22-12-14-23(15-13-22)18-24(4)16-6-7-19(2)3;1-2/h8-15,19H,5-7,16-18H2,1-4H3;1-2H3. The van der Waals surface area contributed by atoms with Crippen LogP contribution in [0.3, 0.4) is 0 Å². The molecule has 0 aliphatic carbocycles. The highest BCUT2D eigenvalue weighted by Gasteiger charge is 2.03. The van der Waals surface area contributed by atoms with Crippen molar-refractivity contribution < 1.29 is 0 Å². The molecular formula is C25H39N. The van der Waals surface area contributed by atoms with Crippen molar-refractivity contribution >= 4 is 0 Å². The Labute approximate surface area is 162 Å². The summed E-state index contributed by atoms with van der Waals surface area (Å²) in [4.78, 5) is 2.43. The summed E-state index contributed by atoms with van der Waals surface area (Å²) >= 11 is 0. The predicted molar refractivity (Wildman–Crippen MR) is 117 cm³/mol. The van der Waals surface area contributed by atoms with Crippen LogP contribution in [-0.4, -0.2) is 18.5 Å². The van der Waals surface area contributed by atoms with E-state index in [-0.39, 0.29) is 0 Å². The summed E-state index contributed by atoms with van der Waals surface area (Å²) in [7, 11) is 2.23. The monoisotopic (exact) mass is 353 g/mol. The van der Waals surface area contributed by atoms with E-state index in [1.165, 1.54) is 41.6 Å². The molecule has 0 aliphatic heterocycles. The molecule has 0 fully saturated rings. The van der Waals surface area contributed by atoms with Gasteiger partial charge in [-0.2, -0.15) is 0 Å². The summed E-state index contributed by atoms with van der Waals surface area (Å²) in [5, 5.41) is 0. The number of nitrogens with zero attached hydrogens (tertiary/aromatic N) is 1. The van der Waals surface area contributed by atoms with E-state index in [4.69, 9.17) is 0 Å². The van der Waals surface area contributed by atoms with Crippen molar-refractivity contribution in [3.05, 3.63) is 70.8 Å². The number of rotatable bonds is 9. The van der Waals surface area contributed by atoms with Gasteiger partial charge >= 0.3 is 0 Å². The van der Waals surface area contributed by atoms with Gasteiger partial charge in [-0.05, 0) is 67.4 Å². The minimum atomic E-state index is 0.809. The molecule has 0 atom stereocenters. The largest absolute Gasteiger partial charge is 0.302 e. The Kier molecular flexibility index (Phi) is 11.0. The molecule has 0 saturated carbocycles. The molecule has 0 N–H and O–H groups in total. The van der Waals surface area contributed by atoms with E-state index in [1.54, 1.807) is 0 Å². The highest BCUT2D eigenvalue weighted by molar-refractivity contribution is 5.30. The lowest BCUT2D eigenvalue weighted by Gasteiger charge is -2.17. The van der Waals surface area contributed by atoms with Gasteiger partial charge in [0.2, 0.25) is 0 Å². The van der Waals surface area contributed by atoms with Gasteiger partial charge < -0.3 is 4.90 Å². The van der Waals surface area contributed by atoms with E-state index in [0.717, 1.165) is 25.3 Å². The first-order chi connectivity index (χ1) is 12.6. The molecule has 0 unspecified atom stereocenters. The maximum atomic E-state index is 2.43. The van der Waals surface area contributed by atoms with Gasteiger partial charge in [-0.1, -0.05) is 83.1 Å². The summed E-state index contributed by atoms with van der Waals surface area (Å²) in [6.07, 6.45) is 4.74. The molecule has 0 spiro atoms. The summed E-state index contributed by atoms with van der Waals surface area (Å²) in [5.41, 5.74) is 5.61. The predicted octanol–water partition coefficient (Wildman–Crippen LogP) is 6.73. The van der Waals surface area contributed by atoms with Crippen molar-refractivity contribution in [1.29, 1.82) is 0 Å². The second-order valence-corrected chi connectivity index (χ2v) is 7.44. The molecule has 2 aromatic rings. The second-order valence-electron chi connectivity index (χ2n) is 7.44. The minimum absolute atomic E-state index is 0.809. The van der Waals surface area contributed by atoms with Crippen LogP contribution < -0.4 is 0 Å². The fraction of sp³-hybridized carbons (Fsp3) is 0.520. The van der Waals surface area contributed by atoms with Gasteiger partial charge in [-0.15, -0.1) is 0 Å². The lowest BCUT2D eigenvalue weighted by atomic mass is 10.0. The average Bonchev–Trinajstić information content (AvgIpc) is 2.65. The molecule has 1 heteroatoms. The van der Waals surface area contributed by atoms with Gasteiger partial charge in [0.15, 0.2) is 0 Å². The molecule has 0 amide bonds. The second kappa shape index (κ2) is 12.7. The molecule has 144 valence electrons. The highest BCUT2D eigenvalue weighted by atomic mass is 15.1. The Morgan fingerprint density at radius 3 is 1.69 bits per heavy atom. The first-order valence-corrected chi connectivity index (χ1v) is 10.4. The number of benzene rings is 2. The highest BCUT2D eigenvalue weighted by Crippen LogP contribution is 2.14. The Morgan fingerprint density at radius 1 is 0.769 bits per heavy atom. The van der Waals surface area contributed by atoms with Crippen LogP contribution in [0.25, 0.3) is 0 Å². The lowest BCUT2D eigenvalue weighted by molar-refractivity contribution is 0.310. The summed E-state index contributed by atoms with van der Waals surface area (Å²) < 4.78 is 0. The van der Waals surface area contributed by atoms with Crippen molar-refractivity contribution in [3.63, 3.8) is 0 Å². The summed E-state index contributed by atoms with van der Waals surface area (Å²) in [6, 6.07) is 18.1. The zero-order valence-electron chi connectivity index (χ0n) is 17.9. The topological polar surface area (TPSA) is 3.24 Å². The summed E-state index contributed by atoms with van der Waals surface area (Å²) in [6.45, 7) is 13.0. The lowest BCUT2D eigenvalue weighted by Crippen LogP contribution is -2.19. The maximum absolute atomic E-state index is 2.43. The van der Waals surface area contributed by atoms with Crippen LogP contribution in [0.1, 0.15) is 69.7 Å². The zero-order valence-corrected chi connectivity index (χ0v) is 17.9. The van der Waals surface area contributed by atoms with Gasteiger partial charge in [0.1, 0.15) is 0 Å². The van der Waals surface area contributed by atoms with E-state index in [0.29, 0.717) is 0 Å². The molecule has 2 rings (SSSR count). The quantitative estimate of drug-likeness (QED) is 0.483. The molecule has 0 heterocycles. The van der Waals surface area contributed by atoms with Gasteiger partial charge in [0.05, 0.1) is 0 Å². The van der Waals surface area contributed by atoms with Crippen LogP contribution in [0, 0.1) is 5.92 Å². The third kappa shape index (κ3) is 8.67. The van der Waals surface area contributed by atoms with Crippen molar-refractivity contribution in [3.8, 4) is 0 Å². The van der Waals surface area contributed by atoms with Crippen LogP contribution in [-0.2, 0) is 19.4 Å². The number of hydrogen-bond acceptors (Lipinski definition) is 1. The normalized spacial score (nSPS) is 10.8. The van der Waals surface area contributed by atoms with Crippen LogP contribution in [0.4, 0.5) is 0 Å². The molecule has 0 aliphatic rings. The SMILES string of the molecule is CC.CCc1ccc(Cc2ccc(CN(C)CCCC(C)C)cc2)cc1. The molecule has 0 aromatic heterocycles. The van der Waals surface area contributed by atoms with Crippen LogP contribution in [0.15, 0.2) is 48.5 Å². The van der Waals surface area contributed by atoms with Crippen molar-refractivity contribution in [1.82, 2.24) is 4.90 Å². The molecule has 2 aromatic carbocycles. The molecule has 1 nitrogen and oxygen atoms in total. The van der Waals surface area contributed by atoms with E-state index >= 15 is 0 Å². The Hall–Kier alpha value is -1.60. The van der Waals surface area contributed by atoms with Gasteiger partial charge in [0.25, 0.3) is 0 Å². The van der Waals surface area contributed by atoms with E-state index in [1.807, 2.05) is 13.8 Å². The number of aryl methyl sites for hydroxylation is 1. The maximum Gasteiger partial charge on any atom is 0.0230 e. The Bertz CT molecular complexity index is 581. The van der Waals surface area contributed by atoms with E-state index < -0.39 is 0 Å². The van der Waals surface area contributed by atoms with Crippen LogP contribution >= 0.6 is 0 Å². The molecular weight excluding hydrogens is 314 g/mol.